The number of carbonyl (C=O) groups is 2. The molecule has 0 saturated heterocycles. The van der Waals surface area contributed by atoms with E-state index in [4.69, 9.17) is 37.9 Å². The predicted molar refractivity (Wildman–Crippen MR) is 477 cm³/mol. The molecule has 0 fully saturated rings. The summed E-state index contributed by atoms with van der Waals surface area (Å²) in [6, 6.07) is 14.3. The van der Waals surface area contributed by atoms with Crippen molar-refractivity contribution in [3.63, 3.8) is 0 Å². The highest BCUT2D eigenvalue weighted by molar-refractivity contribution is 5.92. The third-order valence-corrected chi connectivity index (χ3v) is 21.6. The van der Waals surface area contributed by atoms with Crippen LogP contribution in [0.3, 0.4) is 0 Å². The maximum absolute atomic E-state index is 14.2. The zero-order valence-electron chi connectivity index (χ0n) is 73.2. The molecule has 0 aliphatic heterocycles. The number of hydrogen-bond donors (Lipinski definition) is 0. The van der Waals surface area contributed by atoms with Crippen LogP contribution in [0.25, 0.3) is 24.3 Å². The van der Waals surface area contributed by atoms with Gasteiger partial charge in [0.05, 0.1) is 45.2 Å². The topological polar surface area (TPSA) is 108 Å². The molecule has 111 heavy (non-hydrogen) atoms. The van der Waals surface area contributed by atoms with Crippen molar-refractivity contribution in [1.82, 2.24) is 0 Å². The number of benzene rings is 3. The van der Waals surface area contributed by atoms with Gasteiger partial charge in [-0.25, -0.2) is 9.59 Å². The van der Waals surface area contributed by atoms with Crippen LogP contribution in [0.2, 0.25) is 0 Å². The molecule has 0 saturated carbocycles. The van der Waals surface area contributed by atoms with Crippen molar-refractivity contribution in [3.8, 4) is 34.5 Å². The van der Waals surface area contributed by atoms with Gasteiger partial charge in [-0.15, -0.1) is 0 Å². The van der Waals surface area contributed by atoms with Crippen LogP contribution in [0.4, 0.5) is 0 Å². The first kappa shape index (κ1) is 99.8. The highest BCUT2D eigenvalue weighted by atomic mass is 16.6. The first-order valence-corrected chi connectivity index (χ1v) is 47.3. The van der Waals surface area contributed by atoms with E-state index >= 15 is 0 Å². The lowest BCUT2D eigenvalue weighted by molar-refractivity contribution is -0.140. The molecule has 0 bridgehead atoms. The Kier molecular flexibility index (Phi) is 66.1. The SMILES string of the molecule is C=C(C)C(=O)OCCOC(=O)c1cc(/C=C/c2cc(OCCCCCCCCCCCC)c(OCCCCCCCCCCCC)c(OCCCCCCCCCCCC)c2)cc(/C=C/c2cc(OCCCCCCCCCCCC)c(OCCCCCCCCCCCC)c(OCCCCCCCCCCCC)c2)c1. The Hall–Kier alpha value is -5.38. The molecule has 3 rings (SSSR count). The van der Waals surface area contributed by atoms with Crippen molar-refractivity contribution in [1.29, 1.82) is 0 Å². The molecular weight excluding hydrogens is 1370 g/mol. The van der Waals surface area contributed by atoms with Crippen LogP contribution in [0.15, 0.2) is 54.6 Å². The van der Waals surface area contributed by atoms with Crippen LogP contribution < -0.4 is 28.4 Å². The predicted octanol–water partition coefficient (Wildman–Crippen LogP) is 32.1. The van der Waals surface area contributed by atoms with Gasteiger partial charge in [0.2, 0.25) is 11.5 Å². The van der Waals surface area contributed by atoms with Gasteiger partial charge in [0, 0.05) is 5.57 Å². The average Bonchev–Trinajstić information content (AvgIpc) is 0.824. The molecule has 3 aromatic rings. The molecule has 0 aliphatic rings. The number of hydrogen-bond acceptors (Lipinski definition) is 10. The first-order chi connectivity index (χ1) is 54.7. The molecule has 0 aliphatic carbocycles. The minimum absolute atomic E-state index is 0.0812. The molecule has 0 aromatic heterocycles. The number of unbranched alkanes of at least 4 members (excludes halogenated alkanes) is 54. The largest absolute Gasteiger partial charge is 0.490 e. The molecule has 0 unspecified atom stereocenters. The summed E-state index contributed by atoms with van der Waals surface area (Å²) in [4.78, 5) is 26.6. The standard InChI is InChI=1S/C101H170O10/c1-9-15-21-27-33-39-45-51-57-63-73-104-94-84-91(85-95(105-74-64-58-52-46-40-34-28-22-16-10-2)98(94)108-77-67-61-55-49-43-37-31-25-19-13-5)71-69-89-81-90(83-93(82-89)101(103)111-80-79-110-100(102)88(7)8)70-72-92-86-96(106-75-65-59-53-47-41-35-29-23-17-11-3)99(109-78-68-62-56-50-44-38-32-26-20-14-6)97(87-92)107-76-66-60-54-48-42-36-30-24-18-12-4/h69-72,81-87H,7,9-68,73-80H2,1-6,8H3/b71-69+,72-70+. The van der Waals surface area contributed by atoms with Crippen molar-refractivity contribution < 1.29 is 47.5 Å². The average molecular weight is 1540 g/mol. The van der Waals surface area contributed by atoms with Crippen molar-refractivity contribution >= 4 is 36.2 Å². The van der Waals surface area contributed by atoms with E-state index in [1.165, 1.54) is 308 Å². The third kappa shape index (κ3) is 54.9. The highest BCUT2D eigenvalue weighted by Crippen LogP contribution is 2.42. The molecule has 0 radical (unpaired) electrons. The molecule has 0 spiro atoms. The summed E-state index contributed by atoms with van der Waals surface area (Å²) in [6.07, 6.45) is 83.6. The van der Waals surface area contributed by atoms with Crippen LogP contribution in [-0.2, 0) is 14.3 Å². The van der Waals surface area contributed by atoms with E-state index in [9.17, 15) is 9.59 Å². The summed E-state index contributed by atoms with van der Waals surface area (Å²) in [7, 11) is 0. The van der Waals surface area contributed by atoms with Gasteiger partial charge in [0.1, 0.15) is 13.2 Å². The van der Waals surface area contributed by atoms with Crippen LogP contribution in [-0.4, -0.2) is 64.8 Å². The van der Waals surface area contributed by atoms with Gasteiger partial charge in [-0.3, -0.25) is 0 Å². The fraction of sp³-hybridized carbons (Fsp3) is 0.743. The van der Waals surface area contributed by atoms with E-state index in [1.54, 1.807) is 6.92 Å². The monoisotopic (exact) mass is 1540 g/mol. The molecule has 0 atom stereocenters. The van der Waals surface area contributed by atoms with Crippen LogP contribution >= 0.6 is 0 Å². The van der Waals surface area contributed by atoms with E-state index in [2.05, 4.69) is 103 Å². The Bertz CT molecular complexity index is 2490. The van der Waals surface area contributed by atoms with Crippen molar-refractivity contribution in [2.75, 3.05) is 52.9 Å². The van der Waals surface area contributed by atoms with Crippen LogP contribution in [0.5, 0.6) is 34.5 Å². The number of carbonyl (C=O) groups excluding carboxylic acids is 2. The summed E-state index contributed by atoms with van der Waals surface area (Å²) in [6.45, 7) is 22.4. The molecule has 634 valence electrons. The third-order valence-electron chi connectivity index (χ3n) is 21.6. The number of ether oxygens (including phenoxy) is 8. The van der Waals surface area contributed by atoms with Gasteiger partial charge >= 0.3 is 11.9 Å². The van der Waals surface area contributed by atoms with Gasteiger partial charge < -0.3 is 37.9 Å². The van der Waals surface area contributed by atoms with E-state index < -0.39 is 11.9 Å². The lowest BCUT2D eigenvalue weighted by atomic mass is 10.0. The summed E-state index contributed by atoms with van der Waals surface area (Å²) in [5.41, 5.74) is 4.09. The smallest absolute Gasteiger partial charge is 0.338 e. The van der Waals surface area contributed by atoms with Gasteiger partial charge in [0.25, 0.3) is 0 Å². The number of rotatable bonds is 81. The molecule has 10 heteroatoms. The Morgan fingerprint density at radius 1 is 0.243 bits per heavy atom. The fourth-order valence-electron chi connectivity index (χ4n) is 14.6. The van der Waals surface area contributed by atoms with Crippen LogP contribution in [0, 0.1) is 0 Å². The number of esters is 2. The van der Waals surface area contributed by atoms with Crippen molar-refractivity contribution in [2.24, 2.45) is 0 Å². The van der Waals surface area contributed by atoms with Gasteiger partial charge in [0.15, 0.2) is 23.0 Å². The van der Waals surface area contributed by atoms with Gasteiger partial charge in [-0.05, 0) is 110 Å². The Morgan fingerprint density at radius 3 is 0.649 bits per heavy atom. The minimum Gasteiger partial charge on any atom is -0.490 e. The zero-order chi connectivity index (χ0) is 79.6. The molecule has 3 aromatic carbocycles. The Labute approximate surface area is 683 Å². The fourth-order valence-corrected chi connectivity index (χ4v) is 14.6. The van der Waals surface area contributed by atoms with E-state index in [1.807, 2.05) is 12.1 Å². The summed E-state index contributed by atoms with van der Waals surface area (Å²) >= 11 is 0. The quantitative estimate of drug-likeness (QED) is 0.0235. The zero-order valence-corrected chi connectivity index (χ0v) is 73.2. The summed E-state index contributed by atoms with van der Waals surface area (Å²) in [5, 5.41) is 0. The maximum atomic E-state index is 14.2. The maximum Gasteiger partial charge on any atom is 0.338 e. The van der Waals surface area contributed by atoms with E-state index in [0.29, 0.717) is 79.7 Å². The summed E-state index contributed by atoms with van der Waals surface area (Å²) < 4.78 is 52.2. The molecule has 10 nitrogen and oxygen atoms in total. The lowest BCUT2D eigenvalue weighted by Gasteiger charge is -2.18. The van der Waals surface area contributed by atoms with Crippen LogP contribution in [0.1, 0.15) is 466 Å². The minimum atomic E-state index is -0.521. The lowest BCUT2D eigenvalue weighted by Crippen LogP contribution is -2.14. The van der Waals surface area contributed by atoms with Gasteiger partial charge in [-0.1, -0.05) is 419 Å². The first-order valence-electron chi connectivity index (χ1n) is 47.3. The van der Waals surface area contributed by atoms with Crippen molar-refractivity contribution in [2.45, 2.75) is 434 Å². The van der Waals surface area contributed by atoms with Crippen molar-refractivity contribution in [3.05, 3.63) is 82.4 Å². The molecule has 0 N–H and O–H groups in total. The normalized spacial score (nSPS) is 11.5. The molecule has 0 heterocycles. The summed E-state index contributed by atoms with van der Waals surface area (Å²) in [5.74, 6) is 3.19. The second-order valence-corrected chi connectivity index (χ2v) is 32.5. The molecular formula is C101H170O10. The Balaban J connectivity index is 2.14. The second kappa shape index (κ2) is 73.5. The molecule has 0 amide bonds. The van der Waals surface area contributed by atoms with E-state index in [-0.39, 0.29) is 18.8 Å². The van der Waals surface area contributed by atoms with Gasteiger partial charge in [-0.2, -0.15) is 0 Å². The van der Waals surface area contributed by atoms with E-state index in [0.717, 1.165) is 99.3 Å². The highest BCUT2D eigenvalue weighted by Gasteiger charge is 2.19. The Morgan fingerprint density at radius 2 is 0.432 bits per heavy atom. The second-order valence-electron chi connectivity index (χ2n) is 32.5.